The van der Waals surface area contributed by atoms with Gasteiger partial charge in [-0.05, 0) is 6.07 Å². The zero-order valence-electron chi connectivity index (χ0n) is 13.9. The Labute approximate surface area is 151 Å². The van der Waals surface area contributed by atoms with E-state index in [0.717, 1.165) is 5.56 Å². The summed E-state index contributed by atoms with van der Waals surface area (Å²) in [5.74, 6) is 0.624. The van der Waals surface area contributed by atoms with E-state index in [1.54, 1.807) is 19.3 Å². The number of hydrogen-bond acceptors (Lipinski definition) is 5. The van der Waals surface area contributed by atoms with Crippen LogP contribution in [0.2, 0.25) is 0 Å². The van der Waals surface area contributed by atoms with Crippen molar-refractivity contribution in [2.75, 3.05) is 25.2 Å². The largest absolute Gasteiger partial charge is 0.496 e. The second kappa shape index (κ2) is 7.21. The number of sulfone groups is 1. The number of methoxy groups -OCH3 is 1. The third kappa shape index (κ3) is 3.90. The number of fused-ring (bicyclic) bond motifs is 1. The summed E-state index contributed by atoms with van der Waals surface area (Å²) in [7, 11) is -1.45. The summed E-state index contributed by atoms with van der Waals surface area (Å²) in [4.78, 5) is 18.5. The Kier molecular flexibility index (Phi) is 5.19. The van der Waals surface area contributed by atoms with E-state index >= 15 is 0 Å². The molecule has 8 heteroatoms. The highest BCUT2D eigenvalue weighted by atomic mass is 32.2. The van der Waals surface area contributed by atoms with Gasteiger partial charge in [-0.2, -0.15) is 4.99 Å². The highest BCUT2D eigenvalue weighted by Gasteiger charge is 2.48. The van der Waals surface area contributed by atoms with E-state index in [1.807, 2.05) is 23.1 Å². The minimum Gasteiger partial charge on any atom is -0.496 e. The smallest absolute Gasteiger partial charge is 0.252 e. The molecule has 0 aliphatic carbocycles. The lowest BCUT2D eigenvalue weighted by Gasteiger charge is -2.22. The van der Waals surface area contributed by atoms with Crippen molar-refractivity contribution < 1.29 is 17.9 Å². The summed E-state index contributed by atoms with van der Waals surface area (Å²) < 4.78 is 29.0. The molecule has 0 aromatic heterocycles. The molecule has 1 aromatic rings. The van der Waals surface area contributed by atoms with Gasteiger partial charge in [0.25, 0.3) is 5.91 Å². The van der Waals surface area contributed by atoms with Crippen LogP contribution in [0.15, 0.2) is 41.9 Å². The highest BCUT2D eigenvalue weighted by molar-refractivity contribution is 8.15. The highest BCUT2D eigenvalue weighted by Crippen LogP contribution is 2.38. The van der Waals surface area contributed by atoms with Crippen molar-refractivity contribution in [3.8, 4) is 5.75 Å². The van der Waals surface area contributed by atoms with Crippen molar-refractivity contribution in [3.63, 3.8) is 0 Å². The van der Waals surface area contributed by atoms with Gasteiger partial charge in [-0.15, -0.1) is 6.58 Å². The first kappa shape index (κ1) is 18.0. The number of amides is 1. The van der Waals surface area contributed by atoms with Gasteiger partial charge in [0.05, 0.1) is 31.1 Å². The maximum absolute atomic E-state index is 12.4. The number of nitrogens with zero attached hydrogens (tertiary/aromatic N) is 2. The molecule has 134 valence electrons. The molecule has 2 atom stereocenters. The van der Waals surface area contributed by atoms with Gasteiger partial charge >= 0.3 is 0 Å². The summed E-state index contributed by atoms with van der Waals surface area (Å²) in [6, 6.07) is 7.20. The van der Waals surface area contributed by atoms with Crippen LogP contribution in [0.1, 0.15) is 5.56 Å². The first-order valence-electron chi connectivity index (χ1n) is 7.91. The molecule has 1 aromatic carbocycles. The number of ether oxygens (including phenoxy) is 1. The summed E-state index contributed by atoms with van der Waals surface area (Å²) in [5, 5.41) is 0.521. The molecule has 1 amide bonds. The lowest BCUT2D eigenvalue weighted by Crippen LogP contribution is -2.37. The van der Waals surface area contributed by atoms with E-state index in [0.29, 0.717) is 17.5 Å². The van der Waals surface area contributed by atoms with Crippen molar-refractivity contribution in [3.05, 3.63) is 42.5 Å². The standard InChI is InChI=1S/C17H20N2O4S2/c1-3-8-19-13-10-25(21,22)11-15(13)24-17(19)18-16(20)9-12-6-4-5-7-14(12)23-2/h3-7,13,15H,1,8-11H2,2H3/t13-,15-/m1/s1. The predicted octanol–water partition coefficient (Wildman–Crippen LogP) is 1.52. The molecule has 0 N–H and O–H groups in total. The predicted molar refractivity (Wildman–Crippen MR) is 99.9 cm³/mol. The first-order chi connectivity index (χ1) is 11.9. The SMILES string of the molecule is C=CCN1C(=NC(=O)Cc2ccccc2OC)S[C@@H]2CS(=O)(=O)C[C@H]21. The molecule has 0 radical (unpaired) electrons. The van der Waals surface area contributed by atoms with Gasteiger partial charge in [0.2, 0.25) is 0 Å². The number of carbonyl (C=O) groups is 1. The van der Waals surface area contributed by atoms with Crippen LogP contribution in [0.5, 0.6) is 5.75 Å². The number of benzene rings is 1. The fourth-order valence-electron chi connectivity index (χ4n) is 3.15. The van der Waals surface area contributed by atoms with E-state index in [-0.39, 0.29) is 35.1 Å². The lowest BCUT2D eigenvalue weighted by atomic mass is 10.1. The second-order valence-electron chi connectivity index (χ2n) is 6.02. The Hall–Kier alpha value is -1.80. The average molecular weight is 380 g/mol. The zero-order valence-corrected chi connectivity index (χ0v) is 15.6. The van der Waals surface area contributed by atoms with Crippen molar-refractivity contribution in [1.29, 1.82) is 0 Å². The zero-order chi connectivity index (χ0) is 18.0. The molecule has 25 heavy (non-hydrogen) atoms. The summed E-state index contributed by atoms with van der Waals surface area (Å²) in [5.41, 5.74) is 0.778. The second-order valence-corrected chi connectivity index (χ2v) is 9.38. The monoisotopic (exact) mass is 380 g/mol. The number of carbonyl (C=O) groups excluding carboxylic acids is 1. The molecule has 0 bridgehead atoms. The molecule has 2 fully saturated rings. The van der Waals surface area contributed by atoms with Gasteiger partial charge < -0.3 is 9.64 Å². The Morgan fingerprint density at radius 3 is 2.92 bits per heavy atom. The van der Waals surface area contributed by atoms with Gasteiger partial charge in [-0.1, -0.05) is 36.0 Å². The molecule has 2 aliphatic rings. The summed E-state index contributed by atoms with van der Waals surface area (Å²) in [6.07, 6.45) is 1.84. The van der Waals surface area contributed by atoms with E-state index < -0.39 is 9.84 Å². The van der Waals surface area contributed by atoms with Crippen LogP contribution >= 0.6 is 11.8 Å². The lowest BCUT2D eigenvalue weighted by molar-refractivity contribution is -0.117. The van der Waals surface area contributed by atoms with E-state index in [2.05, 4.69) is 11.6 Å². The average Bonchev–Trinajstić information content (AvgIpc) is 3.01. The van der Waals surface area contributed by atoms with Crippen molar-refractivity contribution in [1.82, 2.24) is 4.90 Å². The Morgan fingerprint density at radius 1 is 1.44 bits per heavy atom. The molecule has 6 nitrogen and oxygen atoms in total. The fraction of sp³-hybridized carbons (Fsp3) is 0.412. The van der Waals surface area contributed by atoms with Crippen molar-refractivity contribution in [2.45, 2.75) is 17.7 Å². The number of rotatable bonds is 5. The number of para-hydroxylation sites is 1. The Balaban J connectivity index is 1.78. The third-order valence-electron chi connectivity index (χ3n) is 4.26. The molecule has 0 saturated carbocycles. The quantitative estimate of drug-likeness (QED) is 0.721. The molecule has 2 saturated heterocycles. The maximum atomic E-state index is 12.4. The van der Waals surface area contributed by atoms with E-state index in [1.165, 1.54) is 11.8 Å². The number of hydrogen-bond donors (Lipinski definition) is 0. The molecule has 0 unspecified atom stereocenters. The van der Waals surface area contributed by atoms with Gasteiger partial charge in [-0.3, -0.25) is 4.79 Å². The van der Waals surface area contributed by atoms with Crippen LogP contribution in [-0.4, -0.2) is 60.8 Å². The normalized spacial score (nSPS) is 25.8. The van der Waals surface area contributed by atoms with Crippen LogP contribution in [0.3, 0.4) is 0 Å². The third-order valence-corrected chi connectivity index (χ3v) is 7.50. The van der Waals surface area contributed by atoms with Crippen LogP contribution in [0.4, 0.5) is 0 Å². The van der Waals surface area contributed by atoms with Gasteiger partial charge in [0.1, 0.15) is 5.75 Å². The summed E-state index contributed by atoms with van der Waals surface area (Å²) >= 11 is 1.38. The van der Waals surface area contributed by atoms with Crippen LogP contribution < -0.4 is 4.74 Å². The van der Waals surface area contributed by atoms with Crippen LogP contribution in [-0.2, 0) is 21.1 Å². The minimum atomic E-state index is -3.02. The Bertz CT molecular complexity index is 820. The molecule has 3 rings (SSSR count). The number of thioether (sulfide) groups is 1. The van der Waals surface area contributed by atoms with E-state index in [4.69, 9.17) is 4.74 Å². The molecular formula is C17H20N2O4S2. The molecule has 2 heterocycles. The van der Waals surface area contributed by atoms with Gasteiger partial charge in [0.15, 0.2) is 15.0 Å². The molecule has 0 spiro atoms. The van der Waals surface area contributed by atoms with Crippen LogP contribution in [0.25, 0.3) is 0 Å². The van der Waals surface area contributed by atoms with Crippen molar-refractivity contribution >= 4 is 32.7 Å². The van der Waals surface area contributed by atoms with E-state index in [9.17, 15) is 13.2 Å². The maximum Gasteiger partial charge on any atom is 0.252 e. The first-order valence-corrected chi connectivity index (χ1v) is 10.6. The van der Waals surface area contributed by atoms with Gasteiger partial charge in [-0.25, -0.2) is 8.42 Å². The molecular weight excluding hydrogens is 360 g/mol. The number of amidine groups is 1. The molecule has 2 aliphatic heterocycles. The minimum absolute atomic E-state index is 0.0669. The van der Waals surface area contributed by atoms with Crippen LogP contribution in [0, 0.1) is 0 Å². The van der Waals surface area contributed by atoms with Crippen molar-refractivity contribution in [2.24, 2.45) is 4.99 Å². The number of aliphatic imine (C=N–C) groups is 1. The fourth-order valence-corrected chi connectivity index (χ4v) is 7.12. The van der Waals surface area contributed by atoms with Gasteiger partial charge in [0, 0.05) is 17.4 Å². The topological polar surface area (TPSA) is 76.0 Å². The Morgan fingerprint density at radius 2 is 2.20 bits per heavy atom. The summed E-state index contributed by atoms with van der Waals surface area (Å²) in [6.45, 7) is 4.20.